The quantitative estimate of drug-likeness (QED) is 0.770. The van der Waals surface area contributed by atoms with Crippen LogP contribution in [0.4, 0.5) is 11.4 Å². The number of fused-ring (bicyclic) bond motifs is 1. The topological polar surface area (TPSA) is 52.0 Å². The molecule has 0 heterocycles. The third-order valence-corrected chi connectivity index (χ3v) is 4.76. The van der Waals surface area contributed by atoms with Gasteiger partial charge in [0.1, 0.15) is 0 Å². The van der Waals surface area contributed by atoms with Gasteiger partial charge in [0, 0.05) is 5.41 Å². The van der Waals surface area contributed by atoms with Crippen LogP contribution in [0.2, 0.25) is 0 Å². The molecule has 0 bridgehead atoms. The Hall–Kier alpha value is -1.96. The molecule has 20 heavy (non-hydrogen) atoms. The normalized spacial score (nSPS) is 23.6. The number of hydrogen-bond acceptors (Lipinski definition) is 2. The second-order valence-electron chi connectivity index (χ2n) is 6.75. The summed E-state index contributed by atoms with van der Waals surface area (Å²) in [7, 11) is 0. The molecule has 1 atom stereocenters. The van der Waals surface area contributed by atoms with Crippen molar-refractivity contribution in [2.75, 3.05) is 11.5 Å². The minimum atomic E-state index is 0.00190. The summed E-state index contributed by atoms with van der Waals surface area (Å²) in [5.41, 5.74) is 17.7. The van der Waals surface area contributed by atoms with Crippen LogP contribution < -0.4 is 11.5 Å². The monoisotopic (exact) mass is 266 g/mol. The largest absolute Gasteiger partial charge is 0.397 e. The third kappa shape index (κ3) is 1.64. The summed E-state index contributed by atoms with van der Waals surface area (Å²) in [6.45, 7) is 6.83. The SMILES string of the molecule is CC1(C)CC(C)(c2ccccc2)c2ccc(N)c(N)c21. The molecule has 1 aliphatic carbocycles. The second kappa shape index (κ2) is 4.02. The lowest BCUT2D eigenvalue weighted by Crippen LogP contribution is -2.23. The van der Waals surface area contributed by atoms with Crippen LogP contribution >= 0.6 is 0 Å². The first kappa shape index (κ1) is 13.0. The van der Waals surface area contributed by atoms with E-state index in [1.165, 1.54) is 16.7 Å². The molecule has 0 aromatic heterocycles. The number of benzene rings is 2. The van der Waals surface area contributed by atoms with Gasteiger partial charge in [-0.1, -0.05) is 57.2 Å². The molecule has 0 saturated carbocycles. The van der Waals surface area contributed by atoms with Crippen molar-refractivity contribution in [2.24, 2.45) is 0 Å². The zero-order valence-electron chi connectivity index (χ0n) is 12.4. The number of rotatable bonds is 1. The maximum Gasteiger partial charge on any atom is 0.0588 e. The van der Waals surface area contributed by atoms with Crippen LogP contribution in [0.5, 0.6) is 0 Å². The first-order valence-electron chi connectivity index (χ1n) is 7.11. The van der Waals surface area contributed by atoms with E-state index in [1.807, 2.05) is 6.07 Å². The van der Waals surface area contributed by atoms with Crippen LogP contribution in [0.15, 0.2) is 42.5 Å². The molecule has 0 saturated heterocycles. The van der Waals surface area contributed by atoms with Crippen molar-refractivity contribution in [3.8, 4) is 0 Å². The fourth-order valence-electron chi connectivity index (χ4n) is 3.96. The smallest absolute Gasteiger partial charge is 0.0588 e. The zero-order chi connectivity index (χ0) is 14.5. The molecule has 4 N–H and O–H groups in total. The Labute approximate surface area is 120 Å². The summed E-state index contributed by atoms with van der Waals surface area (Å²) in [6, 6.07) is 14.8. The van der Waals surface area contributed by atoms with Gasteiger partial charge in [-0.2, -0.15) is 0 Å². The van der Waals surface area contributed by atoms with E-state index in [0.29, 0.717) is 5.69 Å². The van der Waals surface area contributed by atoms with Gasteiger partial charge in [0.15, 0.2) is 0 Å². The average molecular weight is 266 g/mol. The highest BCUT2D eigenvalue weighted by atomic mass is 14.7. The predicted molar refractivity (Wildman–Crippen MR) is 85.8 cm³/mol. The van der Waals surface area contributed by atoms with E-state index < -0.39 is 0 Å². The number of nitrogens with two attached hydrogens (primary N) is 2. The minimum absolute atomic E-state index is 0.00190. The Morgan fingerprint density at radius 3 is 2.20 bits per heavy atom. The summed E-state index contributed by atoms with van der Waals surface area (Å²) in [5, 5.41) is 0. The Kier molecular flexibility index (Phi) is 2.62. The van der Waals surface area contributed by atoms with E-state index in [-0.39, 0.29) is 10.8 Å². The summed E-state index contributed by atoms with van der Waals surface area (Å²) in [6.07, 6.45) is 1.05. The summed E-state index contributed by atoms with van der Waals surface area (Å²) in [4.78, 5) is 0. The van der Waals surface area contributed by atoms with E-state index in [1.54, 1.807) is 0 Å². The molecule has 3 rings (SSSR count). The van der Waals surface area contributed by atoms with Gasteiger partial charge in [0.05, 0.1) is 11.4 Å². The van der Waals surface area contributed by atoms with Crippen molar-refractivity contribution in [3.05, 3.63) is 59.2 Å². The third-order valence-electron chi connectivity index (χ3n) is 4.76. The minimum Gasteiger partial charge on any atom is -0.397 e. The maximum atomic E-state index is 6.28. The van der Waals surface area contributed by atoms with Gasteiger partial charge >= 0.3 is 0 Å². The van der Waals surface area contributed by atoms with Crippen LogP contribution in [-0.4, -0.2) is 0 Å². The van der Waals surface area contributed by atoms with Gasteiger partial charge < -0.3 is 11.5 Å². The van der Waals surface area contributed by atoms with E-state index in [0.717, 1.165) is 12.1 Å². The Bertz CT molecular complexity index is 659. The van der Waals surface area contributed by atoms with Crippen LogP contribution in [0.3, 0.4) is 0 Å². The lowest BCUT2D eigenvalue weighted by Gasteiger charge is -2.28. The lowest BCUT2D eigenvalue weighted by atomic mass is 9.75. The average Bonchev–Trinajstić information content (AvgIpc) is 2.63. The highest BCUT2D eigenvalue weighted by molar-refractivity contribution is 5.74. The Balaban J connectivity index is 2.28. The van der Waals surface area contributed by atoms with Crippen molar-refractivity contribution in [2.45, 2.75) is 38.0 Å². The highest BCUT2D eigenvalue weighted by Crippen LogP contribution is 2.55. The van der Waals surface area contributed by atoms with Crippen molar-refractivity contribution in [1.82, 2.24) is 0 Å². The van der Waals surface area contributed by atoms with E-state index in [4.69, 9.17) is 11.5 Å². The van der Waals surface area contributed by atoms with Crippen molar-refractivity contribution in [1.29, 1.82) is 0 Å². The zero-order valence-corrected chi connectivity index (χ0v) is 12.4. The maximum absolute atomic E-state index is 6.28. The molecule has 104 valence electrons. The van der Waals surface area contributed by atoms with Gasteiger partial charge in [0.2, 0.25) is 0 Å². The molecule has 1 unspecified atom stereocenters. The molecule has 2 aromatic rings. The molecule has 2 aromatic carbocycles. The molecule has 2 heteroatoms. The van der Waals surface area contributed by atoms with Crippen LogP contribution in [0.25, 0.3) is 0 Å². The second-order valence-corrected chi connectivity index (χ2v) is 6.75. The lowest BCUT2D eigenvalue weighted by molar-refractivity contribution is 0.425. The van der Waals surface area contributed by atoms with Crippen molar-refractivity contribution < 1.29 is 0 Å². The van der Waals surface area contributed by atoms with Crippen LogP contribution in [0, 0.1) is 0 Å². The Morgan fingerprint density at radius 1 is 0.900 bits per heavy atom. The van der Waals surface area contributed by atoms with Gasteiger partial charge in [-0.05, 0) is 34.6 Å². The number of anilines is 2. The van der Waals surface area contributed by atoms with Crippen molar-refractivity contribution in [3.63, 3.8) is 0 Å². The molecule has 0 fully saturated rings. The van der Waals surface area contributed by atoms with E-state index >= 15 is 0 Å². The molecular formula is C18H22N2. The molecule has 0 amide bonds. The summed E-state index contributed by atoms with van der Waals surface area (Å²) >= 11 is 0. The summed E-state index contributed by atoms with van der Waals surface area (Å²) < 4.78 is 0. The number of hydrogen-bond donors (Lipinski definition) is 2. The first-order chi connectivity index (χ1) is 9.36. The summed E-state index contributed by atoms with van der Waals surface area (Å²) in [5.74, 6) is 0. The van der Waals surface area contributed by atoms with Gasteiger partial charge in [0.25, 0.3) is 0 Å². The molecule has 0 aliphatic heterocycles. The van der Waals surface area contributed by atoms with Gasteiger partial charge in [-0.15, -0.1) is 0 Å². The highest BCUT2D eigenvalue weighted by Gasteiger charge is 2.46. The van der Waals surface area contributed by atoms with E-state index in [9.17, 15) is 0 Å². The molecule has 2 nitrogen and oxygen atoms in total. The Morgan fingerprint density at radius 2 is 1.55 bits per heavy atom. The first-order valence-corrected chi connectivity index (χ1v) is 7.11. The van der Waals surface area contributed by atoms with Crippen LogP contribution in [-0.2, 0) is 10.8 Å². The fourth-order valence-corrected chi connectivity index (χ4v) is 3.96. The molecular weight excluding hydrogens is 244 g/mol. The van der Waals surface area contributed by atoms with Crippen molar-refractivity contribution >= 4 is 11.4 Å². The molecule has 1 aliphatic rings. The molecule has 0 spiro atoms. The van der Waals surface area contributed by atoms with Gasteiger partial charge in [-0.25, -0.2) is 0 Å². The van der Waals surface area contributed by atoms with E-state index in [2.05, 4.69) is 57.2 Å². The number of nitrogen functional groups attached to an aromatic ring is 2. The molecule has 0 radical (unpaired) electrons. The van der Waals surface area contributed by atoms with Gasteiger partial charge in [-0.3, -0.25) is 0 Å². The predicted octanol–water partition coefficient (Wildman–Crippen LogP) is 3.84. The van der Waals surface area contributed by atoms with Crippen LogP contribution in [0.1, 0.15) is 43.9 Å². The standard InChI is InChI=1S/C18H22N2/c1-17(2)11-18(3,12-7-5-4-6-8-12)13-9-10-14(19)16(20)15(13)17/h4-10H,11,19-20H2,1-3H3. The fraction of sp³-hybridized carbons (Fsp3) is 0.333.